The number of halogens is 1. The summed E-state index contributed by atoms with van der Waals surface area (Å²) in [5.74, 6) is 1.20. The van der Waals surface area contributed by atoms with Gasteiger partial charge in [-0.25, -0.2) is 4.39 Å². The second kappa shape index (κ2) is 5.70. The summed E-state index contributed by atoms with van der Waals surface area (Å²) in [6.07, 6.45) is 0. The van der Waals surface area contributed by atoms with Crippen molar-refractivity contribution in [1.29, 1.82) is 0 Å². The van der Waals surface area contributed by atoms with Gasteiger partial charge in [0, 0.05) is 19.6 Å². The van der Waals surface area contributed by atoms with Crippen molar-refractivity contribution in [2.24, 2.45) is 11.8 Å². The minimum atomic E-state index is -0.0910. The van der Waals surface area contributed by atoms with Crippen LogP contribution in [0.1, 0.15) is 26.3 Å². The van der Waals surface area contributed by atoms with Crippen LogP contribution in [-0.2, 0) is 6.54 Å². The highest BCUT2D eigenvalue weighted by molar-refractivity contribution is 5.50. The average Bonchev–Trinajstić information content (AvgIpc) is 2.67. The van der Waals surface area contributed by atoms with E-state index in [1.807, 2.05) is 12.1 Å². The van der Waals surface area contributed by atoms with Crippen LogP contribution in [0.25, 0.3) is 0 Å². The molecular weight excluding hydrogens is 227 g/mol. The molecule has 0 bridgehead atoms. The molecule has 1 aromatic rings. The lowest BCUT2D eigenvalue weighted by Gasteiger charge is -2.19. The van der Waals surface area contributed by atoms with E-state index in [1.54, 1.807) is 6.07 Å². The largest absolute Gasteiger partial charge is 0.369 e. The third kappa shape index (κ3) is 2.83. The van der Waals surface area contributed by atoms with E-state index in [2.05, 4.69) is 31.0 Å². The minimum Gasteiger partial charge on any atom is -0.369 e. The second-order valence-corrected chi connectivity index (χ2v) is 5.43. The number of hydrogen-bond acceptors (Lipinski definition) is 2. The topological polar surface area (TPSA) is 15.3 Å². The van der Waals surface area contributed by atoms with Gasteiger partial charge in [0.05, 0.1) is 5.69 Å². The molecule has 2 rings (SSSR count). The zero-order valence-corrected chi connectivity index (χ0v) is 11.5. The molecule has 1 saturated heterocycles. The molecule has 0 radical (unpaired) electrons. The number of rotatable bonds is 4. The zero-order valence-electron chi connectivity index (χ0n) is 11.5. The normalized spacial score (nSPS) is 23.7. The van der Waals surface area contributed by atoms with Gasteiger partial charge in [-0.05, 0) is 36.1 Å². The molecule has 0 spiro atoms. The molecule has 2 atom stereocenters. The van der Waals surface area contributed by atoms with Gasteiger partial charge in [-0.2, -0.15) is 0 Å². The lowest BCUT2D eigenvalue weighted by atomic mass is 10.0. The van der Waals surface area contributed by atoms with Gasteiger partial charge in [-0.1, -0.05) is 26.8 Å². The molecule has 100 valence electrons. The summed E-state index contributed by atoms with van der Waals surface area (Å²) < 4.78 is 14.1. The molecule has 0 amide bonds. The lowest BCUT2D eigenvalue weighted by Crippen LogP contribution is -2.21. The van der Waals surface area contributed by atoms with Crippen LogP contribution in [0.3, 0.4) is 0 Å². The fourth-order valence-electron chi connectivity index (χ4n) is 2.51. The number of anilines is 1. The molecular formula is C15H23FN2. The number of hydrogen-bond donors (Lipinski definition) is 1. The van der Waals surface area contributed by atoms with Crippen molar-refractivity contribution in [2.75, 3.05) is 24.5 Å². The first-order valence-electron chi connectivity index (χ1n) is 6.86. The van der Waals surface area contributed by atoms with Gasteiger partial charge in [-0.3, -0.25) is 0 Å². The van der Waals surface area contributed by atoms with Crippen molar-refractivity contribution in [1.82, 2.24) is 5.32 Å². The molecule has 0 saturated carbocycles. The maximum absolute atomic E-state index is 14.1. The van der Waals surface area contributed by atoms with Crippen LogP contribution < -0.4 is 10.2 Å². The van der Waals surface area contributed by atoms with E-state index in [9.17, 15) is 4.39 Å². The SMILES string of the molecule is CCNCc1ccc(N2CC(C)C(C)C2)c(F)c1. The van der Waals surface area contributed by atoms with Crippen molar-refractivity contribution in [3.05, 3.63) is 29.6 Å². The fraction of sp³-hybridized carbons (Fsp3) is 0.600. The highest BCUT2D eigenvalue weighted by atomic mass is 19.1. The molecule has 1 aliphatic heterocycles. The minimum absolute atomic E-state index is 0.0910. The van der Waals surface area contributed by atoms with Crippen molar-refractivity contribution >= 4 is 5.69 Å². The summed E-state index contributed by atoms with van der Waals surface area (Å²) in [6.45, 7) is 10.1. The molecule has 0 aromatic heterocycles. The lowest BCUT2D eigenvalue weighted by molar-refractivity contribution is 0.494. The number of benzene rings is 1. The summed E-state index contributed by atoms with van der Waals surface area (Å²) in [4.78, 5) is 2.17. The summed E-state index contributed by atoms with van der Waals surface area (Å²) in [5, 5.41) is 3.21. The van der Waals surface area contributed by atoms with Crippen LogP contribution >= 0.6 is 0 Å². The monoisotopic (exact) mass is 250 g/mol. The molecule has 2 nitrogen and oxygen atoms in total. The standard InChI is InChI=1S/C15H23FN2/c1-4-17-8-13-5-6-15(14(16)7-13)18-9-11(2)12(3)10-18/h5-7,11-12,17H,4,8-10H2,1-3H3. The van der Waals surface area contributed by atoms with Gasteiger partial charge in [0.15, 0.2) is 0 Å². The van der Waals surface area contributed by atoms with Gasteiger partial charge in [0.25, 0.3) is 0 Å². The van der Waals surface area contributed by atoms with Crippen LogP contribution in [0.15, 0.2) is 18.2 Å². The molecule has 3 heteroatoms. The van der Waals surface area contributed by atoms with Crippen LogP contribution in [-0.4, -0.2) is 19.6 Å². The quantitative estimate of drug-likeness (QED) is 0.883. The van der Waals surface area contributed by atoms with Crippen molar-refractivity contribution in [3.8, 4) is 0 Å². The van der Waals surface area contributed by atoms with E-state index < -0.39 is 0 Å². The van der Waals surface area contributed by atoms with Gasteiger partial charge in [-0.15, -0.1) is 0 Å². The highest BCUT2D eigenvalue weighted by Gasteiger charge is 2.27. The smallest absolute Gasteiger partial charge is 0.146 e. The van der Waals surface area contributed by atoms with Crippen LogP contribution in [0.5, 0.6) is 0 Å². The third-order valence-corrected chi connectivity index (χ3v) is 3.92. The van der Waals surface area contributed by atoms with E-state index in [1.165, 1.54) is 0 Å². The van der Waals surface area contributed by atoms with E-state index in [-0.39, 0.29) is 5.82 Å². The summed E-state index contributed by atoms with van der Waals surface area (Å²) >= 11 is 0. The molecule has 1 N–H and O–H groups in total. The zero-order chi connectivity index (χ0) is 13.1. The van der Waals surface area contributed by atoms with Gasteiger partial charge in [0.1, 0.15) is 5.82 Å². The van der Waals surface area contributed by atoms with E-state index in [0.29, 0.717) is 11.8 Å². The Hall–Kier alpha value is -1.09. The first-order chi connectivity index (χ1) is 8.61. The van der Waals surface area contributed by atoms with E-state index in [4.69, 9.17) is 0 Å². The number of nitrogens with zero attached hydrogens (tertiary/aromatic N) is 1. The average molecular weight is 250 g/mol. The second-order valence-electron chi connectivity index (χ2n) is 5.43. The van der Waals surface area contributed by atoms with Crippen LogP contribution in [0.2, 0.25) is 0 Å². The predicted molar refractivity (Wildman–Crippen MR) is 74.3 cm³/mol. The van der Waals surface area contributed by atoms with E-state index >= 15 is 0 Å². The predicted octanol–water partition coefficient (Wildman–Crippen LogP) is 3.03. The van der Waals surface area contributed by atoms with Crippen LogP contribution in [0.4, 0.5) is 10.1 Å². The molecule has 1 heterocycles. The Bertz CT molecular complexity index is 395. The Kier molecular flexibility index (Phi) is 4.23. The first kappa shape index (κ1) is 13.3. The summed E-state index contributed by atoms with van der Waals surface area (Å²) in [7, 11) is 0. The van der Waals surface area contributed by atoms with Crippen molar-refractivity contribution in [3.63, 3.8) is 0 Å². The molecule has 1 aliphatic rings. The van der Waals surface area contributed by atoms with Gasteiger partial charge < -0.3 is 10.2 Å². The molecule has 2 unspecified atom stereocenters. The summed E-state index contributed by atoms with van der Waals surface area (Å²) in [5.41, 5.74) is 1.77. The maximum atomic E-state index is 14.1. The Balaban J connectivity index is 2.10. The Labute approximate surface area is 109 Å². The van der Waals surface area contributed by atoms with Crippen LogP contribution in [0, 0.1) is 17.7 Å². The van der Waals surface area contributed by atoms with Crippen molar-refractivity contribution < 1.29 is 4.39 Å². The molecule has 1 fully saturated rings. The highest BCUT2D eigenvalue weighted by Crippen LogP contribution is 2.29. The Morgan fingerprint density at radius 3 is 2.50 bits per heavy atom. The van der Waals surface area contributed by atoms with Gasteiger partial charge in [0.2, 0.25) is 0 Å². The molecule has 0 aliphatic carbocycles. The summed E-state index contributed by atoms with van der Waals surface area (Å²) in [6, 6.07) is 5.60. The Morgan fingerprint density at radius 2 is 1.94 bits per heavy atom. The fourth-order valence-corrected chi connectivity index (χ4v) is 2.51. The third-order valence-electron chi connectivity index (χ3n) is 3.92. The first-order valence-corrected chi connectivity index (χ1v) is 6.86. The van der Waals surface area contributed by atoms with Gasteiger partial charge >= 0.3 is 0 Å². The maximum Gasteiger partial charge on any atom is 0.146 e. The number of nitrogens with one attached hydrogen (secondary N) is 1. The Morgan fingerprint density at radius 1 is 1.28 bits per heavy atom. The molecule has 1 aromatic carbocycles. The van der Waals surface area contributed by atoms with Crippen molar-refractivity contribution in [2.45, 2.75) is 27.3 Å². The molecule has 18 heavy (non-hydrogen) atoms. The van der Waals surface area contributed by atoms with E-state index in [0.717, 1.165) is 37.4 Å².